The van der Waals surface area contributed by atoms with E-state index in [9.17, 15) is 14.4 Å². The number of ether oxygens (including phenoxy) is 3. The van der Waals surface area contributed by atoms with E-state index in [-0.39, 0.29) is 31.1 Å². The third-order valence-corrected chi connectivity index (χ3v) is 16.9. The lowest BCUT2D eigenvalue weighted by Crippen LogP contribution is -2.30. The topological polar surface area (TPSA) is 78.9 Å². The summed E-state index contributed by atoms with van der Waals surface area (Å²) in [4.78, 5) is 38.5. The summed E-state index contributed by atoms with van der Waals surface area (Å²) in [5.41, 5.74) is 0. The molecule has 0 spiro atoms. The minimum atomic E-state index is -0.771. The molecule has 0 radical (unpaired) electrons. The Morgan fingerprint density at radius 1 is 0.235 bits per heavy atom. The summed E-state index contributed by atoms with van der Waals surface area (Å²) in [6.07, 6.45) is 86.4. The van der Waals surface area contributed by atoms with Gasteiger partial charge in [0.05, 0.1) is 0 Å². The summed E-state index contributed by atoms with van der Waals surface area (Å²) >= 11 is 0. The third-order valence-electron chi connectivity index (χ3n) is 16.9. The number of hydrogen-bond acceptors (Lipinski definition) is 6. The van der Waals surface area contributed by atoms with Gasteiger partial charge in [0.15, 0.2) is 6.10 Å². The van der Waals surface area contributed by atoms with Crippen LogP contribution >= 0.6 is 0 Å². The van der Waals surface area contributed by atoms with E-state index in [0.29, 0.717) is 19.3 Å². The van der Waals surface area contributed by atoms with E-state index in [0.717, 1.165) is 57.8 Å². The Balaban J connectivity index is 4.25. The molecule has 81 heavy (non-hydrogen) atoms. The van der Waals surface area contributed by atoms with Crippen LogP contribution in [0.25, 0.3) is 0 Å². The molecule has 0 aromatic rings. The van der Waals surface area contributed by atoms with Crippen molar-refractivity contribution in [2.45, 2.75) is 425 Å². The molecular weight excluding hydrogens is 997 g/mol. The van der Waals surface area contributed by atoms with E-state index >= 15 is 0 Å². The van der Waals surface area contributed by atoms with Crippen molar-refractivity contribution in [2.24, 2.45) is 0 Å². The molecule has 0 aliphatic heterocycles. The maximum Gasteiger partial charge on any atom is 0.306 e. The van der Waals surface area contributed by atoms with Gasteiger partial charge in [0.1, 0.15) is 13.2 Å². The van der Waals surface area contributed by atoms with Crippen LogP contribution in [-0.2, 0) is 28.6 Å². The maximum absolute atomic E-state index is 13.0. The molecule has 0 bridgehead atoms. The van der Waals surface area contributed by atoms with Crippen LogP contribution in [0.2, 0.25) is 0 Å². The largest absolute Gasteiger partial charge is 0.462 e. The zero-order valence-corrected chi connectivity index (χ0v) is 55.1. The number of carbonyl (C=O) groups excluding carboxylic acids is 3. The minimum absolute atomic E-state index is 0.0665. The highest BCUT2D eigenvalue weighted by Gasteiger charge is 2.20. The maximum atomic E-state index is 13.0. The molecule has 1 atom stereocenters. The molecular formula is C75H142O6. The van der Waals surface area contributed by atoms with E-state index in [1.807, 2.05) is 0 Å². The van der Waals surface area contributed by atoms with E-state index < -0.39 is 6.10 Å². The van der Waals surface area contributed by atoms with Gasteiger partial charge < -0.3 is 14.2 Å². The normalized spacial score (nSPS) is 12.1. The van der Waals surface area contributed by atoms with Gasteiger partial charge in [0, 0.05) is 19.3 Å². The summed E-state index contributed by atoms with van der Waals surface area (Å²) in [6, 6.07) is 0. The molecule has 1 unspecified atom stereocenters. The molecule has 0 saturated heterocycles. The molecule has 0 amide bonds. The van der Waals surface area contributed by atoms with Crippen LogP contribution in [0.1, 0.15) is 419 Å². The molecule has 0 saturated carbocycles. The fourth-order valence-corrected chi connectivity index (χ4v) is 11.4. The van der Waals surface area contributed by atoms with Crippen molar-refractivity contribution in [1.82, 2.24) is 0 Å². The Kier molecular flexibility index (Phi) is 68.5. The molecule has 6 heteroatoms. The van der Waals surface area contributed by atoms with Crippen molar-refractivity contribution >= 4 is 17.9 Å². The van der Waals surface area contributed by atoms with Gasteiger partial charge in [0.2, 0.25) is 0 Å². The zero-order valence-electron chi connectivity index (χ0n) is 55.1. The van der Waals surface area contributed by atoms with Crippen LogP contribution in [0, 0.1) is 0 Å². The number of esters is 3. The average Bonchev–Trinajstić information content (AvgIpc) is 3.47. The number of hydrogen-bond donors (Lipinski definition) is 0. The van der Waals surface area contributed by atoms with Crippen molar-refractivity contribution < 1.29 is 28.6 Å². The molecule has 0 aliphatic carbocycles. The Labute approximate surface area is 506 Å². The quantitative estimate of drug-likeness (QED) is 0.0261. The lowest BCUT2D eigenvalue weighted by Gasteiger charge is -2.18. The SMILES string of the molecule is CCCCCCCCC/C=C\CCCCCCCCCC(=O)OC(COC(=O)CCCCCCCCCCCCCCCCC/C=C\CCCCCCCCCC)COC(=O)CCCCCCCCCCCCCCCCCCCC. The van der Waals surface area contributed by atoms with Gasteiger partial charge >= 0.3 is 17.9 Å². The van der Waals surface area contributed by atoms with Crippen LogP contribution in [-0.4, -0.2) is 37.2 Å². The van der Waals surface area contributed by atoms with Crippen LogP contribution in [0.5, 0.6) is 0 Å². The Morgan fingerprint density at radius 2 is 0.407 bits per heavy atom. The van der Waals surface area contributed by atoms with Gasteiger partial charge in [-0.15, -0.1) is 0 Å². The van der Waals surface area contributed by atoms with Gasteiger partial charge in [-0.05, 0) is 70.6 Å². The Hall–Kier alpha value is -2.11. The predicted molar refractivity (Wildman–Crippen MR) is 353 cm³/mol. The lowest BCUT2D eigenvalue weighted by molar-refractivity contribution is -0.167. The van der Waals surface area contributed by atoms with E-state index in [4.69, 9.17) is 14.2 Å². The molecule has 0 heterocycles. The first-order chi connectivity index (χ1) is 40.0. The molecule has 0 aromatic carbocycles. The number of unbranched alkanes of at least 4 members (excludes halogenated alkanes) is 54. The van der Waals surface area contributed by atoms with Gasteiger partial charge in [-0.1, -0.05) is 353 Å². The summed E-state index contributed by atoms with van der Waals surface area (Å²) in [7, 11) is 0. The molecule has 0 fully saturated rings. The lowest BCUT2D eigenvalue weighted by atomic mass is 10.0. The standard InChI is InChI=1S/C75H142O6/c1-4-7-10-13-16-19-22-25-28-31-34-35-36-37-38-39-40-41-42-45-47-50-53-56-59-62-65-68-74(77)80-71-72(81-75(78)69-66-63-60-57-54-51-48-44-33-30-27-24-21-18-15-12-9-6-3)70-79-73(76)67-64-61-58-55-52-49-46-43-32-29-26-23-20-17-14-11-8-5-2/h30-31,33-34,72H,4-29,32,35-71H2,1-3H3/b33-30-,34-31-. The molecule has 0 aromatic heterocycles. The Bertz CT molecular complexity index is 1310. The van der Waals surface area contributed by atoms with Crippen molar-refractivity contribution in [3.05, 3.63) is 24.3 Å². The monoisotopic (exact) mass is 1140 g/mol. The van der Waals surface area contributed by atoms with E-state index in [2.05, 4.69) is 45.1 Å². The molecule has 6 nitrogen and oxygen atoms in total. The van der Waals surface area contributed by atoms with Crippen LogP contribution in [0.4, 0.5) is 0 Å². The van der Waals surface area contributed by atoms with Gasteiger partial charge in [-0.3, -0.25) is 14.4 Å². The highest BCUT2D eigenvalue weighted by molar-refractivity contribution is 5.71. The van der Waals surface area contributed by atoms with Crippen molar-refractivity contribution in [3.63, 3.8) is 0 Å². The second-order valence-electron chi connectivity index (χ2n) is 25.2. The summed E-state index contributed by atoms with van der Waals surface area (Å²) in [5.74, 6) is -0.836. The summed E-state index contributed by atoms with van der Waals surface area (Å²) in [5, 5.41) is 0. The second kappa shape index (κ2) is 70.4. The highest BCUT2D eigenvalue weighted by Crippen LogP contribution is 2.19. The summed E-state index contributed by atoms with van der Waals surface area (Å²) in [6.45, 7) is 6.73. The average molecular weight is 1140 g/mol. The predicted octanol–water partition coefficient (Wildman–Crippen LogP) is 25.3. The fraction of sp³-hybridized carbons (Fsp3) is 0.907. The molecule has 478 valence electrons. The molecule has 0 rings (SSSR count). The van der Waals surface area contributed by atoms with E-state index in [1.165, 1.54) is 321 Å². The van der Waals surface area contributed by atoms with Crippen LogP contribution in [0.15, 0.2) is 24.3 Å². The number of allylic oxidation sites excluding steroid dienone is 4. The minimum Gasteiger partial charge on any atom is -0.462 e. The zero-order chi connectivity index (χ0) is 58.5. The smallest absolute Gasteiger partial charge is 0.306 e. The molecule has 0 N–H and O–H groups in total. The first kappa shape index (κ1) is 78.9. The second-order valence-corrected chi connectivity index (χ2v) is 25.2. The van der Waals surface area contributed by atoms with Crippen LogP contribution in [0.3, 0.4) is 0 Å². The van der Waals surface area contributed by atoms with Crippen molar-refractivity contribution in [3.8, 4) is 0 Å². The van der Waals surface area contributed by atoms with E-state index in [1.54, 1.807) is 0 Å². The third kappa shape index (κ3) is 68.6. The van der Waals surface area contributed by atoms with Crippen molar-refractivity contribution in [2.75, 3.05) is 13.2 Å². The molecule has 0 aliphatic rings. The van der Waals surface area contributed by atoms with Crippen molar-refractivity contribution in [1.29, 1.82) is 0 Å². The Morgan fingerprint density at radius 3 is 0.617 bits per heavy atom. The van der Waals surface area contributed by atoms with Gasteiger partial charge in [-0.2, -0.15) is 0 Å². The number of rotatable bonds is 69. The van der Waals surface area contributed by atoms with Gasteiger partial charge in [-0.25, -0.2) is 0 Å². The summed E-state index contributed by atoms with van der Waals surface area (Å²) < 4.78 is 17.0. The first-order valence-corrected chi connectivity index (χ1v) is 36.8. The number of carbonyl (C=O) groups is 3. The fourth-order valence-electron chi connectivity index (χ4n) is 11.4. The highest BCUT2D eigenvalue weighted by atomic mass is 16.6. The first-order valence-electron chi connectivity index (χ1n) is 36.8. The van der Waals surface area contributed by atoms with Gasteiger partial charge in [0.25, 0.3) is 0 Å². The van der Waals surface area contributed by atoms with Crippen LogP contribution < -0.4 is 0 Å².